The van der Waals surface area contributed by atoms with Gasteiger partial charge in [0, 0.05) is 35.3 Å². The van der Waals surface area contributed by atoms with Crippen molar-refractivity contribution < 1.29 is 14.5 Å². The quantitative estimate of drug-likeness (QED) is 0.799. The molecule has 0 saturated carbocycles. The molecule has 1 aromatic heterocycles. The first-order valence-electron chi connectivity index (χ1n) is 9.10. The lowest BCUT2D eigenvalue weighted by molar-refractivity contribution is -0.920. The summed E-state index contributed by atoms with van der Waals surface area (Å²) in [6, 6.07) is 8.60. The molecule has 0 spiro atoms. The third-order valence-corrected chi connectivity index (χ3v) is 5.99. The molecule has 2 amide bonds. The van der Waals surface area contributed by atoms with Gasteiger partial charge in [0.15, 0.2) is 6.04 Å². The van der Waals surface area contributed by atoms with E-state index in [4.69, 9.17) is 23.2 Å². The molecule has 2 aliphatic heterocycles. The summed E-state index contributed by atoms with van der Waals surface area (Å²) in [5.41, 5.74) is 1.75. The van der Waals surface area contributed by atoms with Gasteiger partial charge in [0.2, 0.25) is 5.91 Å². The molecule has 0 bridgehead atoms. The number of halogens is 2. The van der Waals surface area contributed by atoms with Gasteiger partial charge < -0.3 is 4.90 Å². The minimum atomic E-state index is -0.325. The van der Waals surface area contributed by atoms with Crippen LogP contribution in [0.2, 0.25) is 10.0 Å². The molecule has 0 unspecified atom stereocenters. The van der Waals surface area contributed by atoms with Crippen molar-refractivity contribution in [1.29, 1.82) is 0 Å². The lowest BCUT2D eigenvalue weighted by atomic mass is 9.89. The van der Waals surface area contributed by atoms with Crippen LogP contribution < -0.4 is 9.80 Å². The van der Waals surface area contributed by atoms with Gasteiger partial charge in [0.05, 0.1) is 25.2 Å². The third-order valence-electron chi connectivity index (χ3n) is 5.55. The van der Waals surface area contributed by atoms with Crippen molar-refractivity contribution in [3.8, 4) is 0 Å². The molecule has 3 heterocycles. The molecule has 4 rings (SSSR count). The number of likely N-dealkylation sites (tertiary alicyclic amines) is 1. The Bertz CT molecular complexity index is 847. The molecule has 2 fully saturated rings. The number of hydrogen-bond donors (Lipinski definition) is 1. The van der Waals surface area contributed by atoms with Gasteiger partial charge in [0.1, 0.15) is 0 Å². The normalized spacial score (nSPS) is 25.9. The number of quaternary nitrogens is 1. The number of hydrogen-bond acceptors (Lipinski definition) is 3. The minimum absolute atomic E-state index is 0.157. The van der Waals surface area contributed by atoms with Crippen molar-refractivity contribution in [3.05, 3.63) is 58.3 Å². The Morgan fingerprint density at radius 2 is 1.63 bits per heavy atom. The van der Waals surface area contributed by atoms with E-state index in [9.17, 15) is 9.59 Å². The number of nitrogens with one attached hydrogen (secondary N) is 1. The highest BCUT2D eigenvalue weighted by Crippen LogP contribution is 2.29. The first-order chi connectivity index (χ1) is 13.0. The molecule has 1 atom stereocenters. The third kappa shape index (κ3) is 3.72. The number of nitrogens with zero attached hydrogens (tertiary/aromatic N) is 2. The molecule has 1 aromatic carbocycles. The van der Waals surface area contributed by atoms with Crippen LogP contribution in [0.4, 0.5) is 5.69 Å². The van der Waals surface area contributed by atoms with E-state index in [2.05, 4.69) is 17.1 Å². The number of benzene rings is 1. The van der Waals surface area contributed by atoms with E-state index < -0.39 is 0 Å². The van der Waals surface area contributed by atoms with E-state index in [-0.39, 0.29) is 24.3 Å². The van der Waals surface area contributed by atoms with E-state index in [0.29, 0.717) is 21.7 Å². The van der Waals surface area contributed by atoms with Crippen LogP contribution in [0.3, 0.4) is 0 Å². The van der Waals surface area contributed by atoms with E-state index in [1.807, 2.05) is 12.4 Å². The second-order valence-corrected chi connectivity index (χ2v) is 8.04. The number of anilines is 1. The summed E-state index contributed by atoms with van der Waals surface area (Å²) in [6.45, 7) is 1.75. The van der Waals surface area contributed by atoms with Crippen LogP contribution in [0.5, 0.6) is 0 Å². The number of pyridine rings is 1. The molecule has 2 aliphatic rings. The van der Waals surface area contributed by atoms with Crippen LogP contribution in [0.15, 0.2) is 42.7 Å². The van der Waals surface area contributed by atoms with Gasteiger partial charge in [-0.2, -0.15) is 0 Å². The molecule has 0 radical (unpaired) electrons. The average Bonchev–Trinajstić information content (AvgIpc) is 2.96. The van der Waals surface area contributed by atoms with Crippen molar-refractivity contribution in [3.63, 3.8) is 0 Å². The topological polar surface area (TPSA) is 54.7 Å². The summed E-state index contributed by atoms with van der Waals surface area (Å²) >= 11 is 12.1. The first-order valence-corrected chi connectivity index (χ1v) is 9.86. The predicted molar refractivity (Wildman–Crippen MR) is 104 cm³/mol. The van der Waals surface area contributed by atoms with E-state index in [0.717, 1.165) is 25.9 Å². The SMILES string of the molecule is O=C1C[C@H]([NH+]2CCC(c3ccncc3)CC2)C(=O)N1c1cc(Cl)cc(Cl)c1. The maximum atomic E-state index is 13.0. The molecular weight excluding hydrogens is 385 g/mol. The number of carbonyl (C=O) groups excluding carboxylic acids is 2. The maximum Gasteiger partial charge on any atom is 0.292 e. The number of carbonyl (C=O) groups is 2. The molecule has 2 saturated heterocycles. The molecule has 140 valence electrons. The summed E-state index contributed by atoms with van der Waals surface area (Å²) in [7, 11) is 0. The number of rotatable bonds is 3. The van der Waals surface area contributed by atoms with Gasteiger partial charge in [-0.3, -0.25) is 14.6 Å². The fourth-order valence-electron chi connectivity index (χ4n) is 4.20. The molecule has 27 heavy (non-hydrogen) atoms. The summed E-state index contributed by atoms with van der Waals surface area (Å²) in [5, 5.41) is 0.819. The van der Waals surface area contributed by atoms with Crippen LogP contribution in [0, 0.1) is 0 Å². The molecule has 7 heteroatoms. The zero-order valence-corrected chi connectivity index (χ0v) is 16.2. The van der Waals surface area contributed by atoms with Gasteiger partial charge in [-0.25, -0.2) is 4.90 Å². The second-order valence-electron chi connectivity index (χ2n) is 7.16. The van der Waals surface area contributed by atoms with Crippen LogP contribution in [-0.2, 0) is 9.59 Å². The fourth-order valence-corrected chi connectivity index (χ4v) is 4.71. The van der Waals surface area contributed by atoms with Crippen LogP contribution in [0.1, 0.15) is 30.7 Å². The van der Waals surface area contributed by atoms with Crippen molar-refractivity contribution in [2.24, 2.45) is 0 Å². The minimum Gasteiger partial charge on any atom is -0.324 e. The van der Waals surface area contributed by atoms with Gasteiger partial charge in [0.25, 0.3) is 5.91 Å². The Morgan fingerprint density at radius 3 is 2.26 bits per heavy atom. The van der Waals surface area contributed by atoms with Crippen LogP contribution in [-0.4, -0.2) is 35.9 Å². The Labute approximate surface area is 167 Å². The summed E-state index contributed by atoms with van der Waals surface area (Å²) in [6.07, 6.45) is 5.88. The van der Waals surface area contributed by atoms with Crippen molar-refractivity contribution in [2.75, 3.05) is 18.0 Å². The number of aromatic nitrogens is 1. The maximum absolute atomic E-state index is 13.0. The molecular formula is C20H20Cl2N3O2+. The zero-order chi connectivity index (χ0) is 19.0. The number of amides is 2. The van der Waals surface area contributed by atoms with Crippen LogP contribution in [0.25, 0.3) is 0 Å². The molecule has 2 aromatic rings. The van der Waals surface area contributed by atoms with E-state index in [1.165, 1.54) is 15.4 Å². The lowest BCUT2D eigenvalue weighted by Crippen LogP contribution is -3.17. The molecule has 5 nitrogen and oxygen atoms in total. The van der Waals surface area contributed by atoms with Crippen LogP contribution >= 0.6 is 23.2 Å². The van der Waals surface area contributed by atoms with E-state index in [1.54, 1.807) is 18.2 Å². The summed E-state index contributed by atoms with van der Waals surface area (Å²) in [5.74, 6) is 0.148. The lowest BCUT2D eigenvalue weighted by Gasteiger charge is -2.32. The van der Waals surface area contributed by atoms with Gasteiger partial charge in [-0.1, -0.05) is 23.2 Å². The smallest absolute Gasteiger partial charge is 0.292 e. The van der Waals surface area contributed by atoms with Crippen molar-refractivity contribution >= 4 is 40.7 Å². The molecule has 0 aliphatic carbocycles. The van der Waals surface area contributed by atoms with Crippen molar-refractivity contribution in [1.82, 2.24) is 4.98 Å². The Hall–Kier alpha value is -1.95. The first kappa shape index (κ1) is 18.4. The van der Waals surface area contributed by atoms with Gasteiger partial charge >= 0.3 is 0 Å². The standard InChI is InChI=1S/C20H19Cl2N3O2/c21-15-9-16(22)11-17(10-15)25-19(26)12-18(20(25)27)24-7-3-14(4-8-24)13-1-5-23-6-2-13/h1-2,5-6,9-11,14,18H,3-4,7-8,12H2/p+1/t18-/m0/s1. The second kappa shape index (κ2) is 7.58. The summed E-state index contributed by atoms with van der Waals surface area (Å²) < 4.78 is 0. The highest BCUT2D eigenvalue weighted by Gasteiger charge is 2.46. The zero-order valence-electron chi connectivity index (χ0n) is 14.7. The number of piperidine rings is 1. The largest absolute Gasteiger partial charge is 0.324 e. The van der Waals surface area contributed by atoms with E-state index >= 15 is 0 Å². The summed E-state index contributed by atoms with van der Waals surface area (Å²) in [4.78, 5) is 32.0. The number of imide groups is 1. The van der Waals surface area contributed by atoms with Gasteiger partial charge in [-0.15, -0.1) is 0 Å². The van der Waals surface area contributed by atoms with Crippen molar-refractivity contribution in [2.45, 2.75) is 31.2 Å². The Kier molecular flexibility index (Phi) is 5.17. The average molecular weight is 405 g/mol. The van der Waals surface area contributed by atoms with Gasteiger partial charge in [-0.05, 0) is 41.8 Å². The predicted octanol–water partition coefficient (Wildman–Crippen LogP) is 2.48. The molecule has 1 N–H and O–H groups in total. The highest BCUT2D eigenvalue weighted by molar-refractivity contribution is 6.35. The highest BCUT2D eigenvalue weighted by atomic mass is 35.5. The Balaban J connectivity index is 1.46. The monoisotopic (exact) mass is 404 g/mol. The Morgan fingerprint density at radius 1 is 1.00 bits per heavy atom. The fraction of sp³-hybridized carbons (Fsp3) is 0.350.